The number of anilines is 1. The lowest BCUT2D eigenvalue weighted by Gasteiger charge is -2.23. The van der Waals surface area contributed by atoms with Gasteiger partial charge in [0.15, 0.2) is 0 Å². The Morgan fingerprint density at radius 1 is 1.17 bits per heavy atom. The van der Waals surface area contributed by atoms with Crippen molar-refractivity contribution in [2.75, 3.05) is 17.2 Å². The van der Waals surface area contributed by atoms with Crippen molar-refractivity contribution in [1.82, 2.24) is 5.16 Å². The minimum atomic E-state index is 0.410. The van der Waals surface area contributed by atoms with E-state index in [1.807, 2.05) is 17.8 Å². The Morgan fingerprint density at radius 3 is 2.67 bits per heavy atom. The molecule has 94 valence electrons. The maximum absolute atomic E-state index is 5.84. The number of nitrogen functional groups attached to an aromatic ring is 1. The number of aromatic nitrogens is 1. The molecule has 2 heterocycles. The van der Waals surface area contributed by atoms with E-state index in [1.165, 1.54) is 35.5 Å². The van der Waals surface area contributed by atoms with Gasteiger partial charge in [0.25, 0.3) is 0 Å². The van der Waals surface area contributed by atoms with E-state index >= 15 is 0 Å². The Labute approximate surface area is 111 Å². The first-order chi connectivity index (χ1) is 8.86. The van der Waals surface area contributed by atoms with Gasteiger partial charge in [-0.2, -0.15) is 11.8 Å². The SMILES string of the molecule is Nc1oncc1-c1ccccc1C1CCSCC1. The zero-order valence-electron chi connectivity index (χ0n) is 10.1. The Bertz CT molecular complexity index is 532. The Kier molecular flexibility index (Phi) is 3.28. The second-order valence-corrected chi connectivity index (χ2v) is 5.80. The normalized spacial score (nSPS) is 16.9. The zero-order chi connectivity index (χ0) is 12.4. The third-order valence-corrected chi connectivity index (χ3v) is 4.56. The quantitative estimate of drug-likeness (QED) is 0.897. The molecular formula is C14H16N2OS. The van der Waals surface area contributed by atoms with Crippen molar-refractivity contribution in [3.63, 3.8) is 0 Å². The number of nitrogens with two attached hydrogens (primary N) is 1. The second kappa shape index (κ2) is 5.06. The lowest BCUT2D eigenvalue weighted by molar-refractivity contribution is 0.436. The van der Waals surface area contributed by atoms with Crippen LogP contribution in [0.2, 0.25) is 0 Å². The third-order valence-electron chi connectivity index (χ3n) is 3.51. The highest BCUT2D eigenvalue weighted by atomic mass is 32.2. The molecule has 0 atom stereocenters. The van der Waals surface area contributed by atoms with Crippen LogP contribution in [0.25, 0.3) is 11.1 Å². The van der Waals surface area contributed by atoms with Crippen LogP contribution >= 0.6 is 11.8 Å². The summed E-state index contributed by atoms with van der Waals surface area (Å²) in [5, 5.41) is 3.78. The van der Waals surface area contributed by atoms with Gasteiger partial charge in [0, 0.05) is 0 Å². The molecule has 4 heteroatoms. The molecule has 0 bridgehead atoms. The number of benzene rings is 1. The van der Waals surface area contributed by atoms with E-state index in [0.29, 0.717) is 11.8 Å². The molecule has 1 aliphatic heterocycles. The summed E-state index contributed by atoms with van der Waals surface area (Å²) in [6.07, 6.45) is 4.20. The minimum absolute atomic E-state index is 0.410. The molecule has 0 aliphatic carbocycles. The third kappa shape index (κ3) is 2.12. The molecule has 0 saturated carbocycles. The average molecular weight is 260 g/mol. The van der Waals surface area contributed by atoms with Crippen molar-refractivity contribution in [3.8, 4) is 11.1 Å². The van der Waals surface area contributed by atoms with Crippen LogP contribution < -0.4 is 5.73 Å². The van der Waals surface area contributed by atoms with Crippen molar-refractivity contribution < 1.29 is 4.52 Å². The first kappa shape index (κ1) is 11.7. The van der Waals surface area contributed by atoms with Crippen molar-refractivity contribution in [2.24, 2.45) is 0 Å². The van der Waals surface area contributed by atoms with E-state index in [1.54, 1.807) is 6.20 Å². The number of hydrogen-bond acceptors (Lipinski definition) is 4. The second-order valence-electron chi connectivity index (χ2n) is 4.58. The number of nitrogens with zero attached hydrogens (tertiary/aromatic N) is 1. The summed E-state index contributed by atoms with van der Waals surface area (Å²) in [5.74, 6) is 3.54. The Hall–Kier alpha value is -1.42. The topological polar surface area (TPSA) is 52.0 Å². The fourth-order valence-electron chi connectivity index (χ4n) is 2.56. The van der Waals surface area contributed by atoms with Crippen LogP contribution in [0.3, 0.4) is 0 Å². The summed E-state index contributed by atoms with van der Waals surface area (Å²) in [5.41, 5.74) is 9.31. The van der Waals surface area contributed by atoms with Crippen molar-refractivity contribution in [2.45, 2.75) is 18.8 Å². The van der Waals surface area contributed by atoms with Gasteiger partial charge in [0.05, 0.1) is 11.8 Å². The maximum atomic E-state index is 5.84. The van der Waals surface area contributed by atoms with Crippen molar-refractivity contribution in [1.29, 1.82) is 0 Å². The van der Waals surface area contributed by atoms with E-state index < -0.39 is 0 Å². The fourth-order valence-corrected chi connectivity index (χ4v) is 3.66. The molecule has 2 aromatic rings. The molecule has 1 saturated heterocycles. The highest BCUT2D eigenvalue weighted by molar-refractivity contribution is 7.99. The number of hydrogen-bond donors (Lipinski definition) is 1. The Morgan fingerprint density at radius 2 is 1.94 bits per heavy atom. The average Bonchev–Trinajstić information content (AvgIpc) is 2.86. The van der Waals surface area contributed by atoms with Crippen LogP contribution in [-0.4, -0.2) is 16.7 Å². The number of rotatable bonds is 2. The predicted molar refractivity (Wildman–Crippen MR) is 75.7 cm³/mol. The van der Waals surface area contributed by atoms with Gasteiger partial charge in [-0.3, -0.25) is 0 Å². The first-order valence-corrected chi connectivity index (χ1v) is 7.39. The molecule has 0 radical (unpaired) electrons. The molecule has 1 aromatic heterocycles. The first-order valence-electron chi connectivity index (χ1n) is 6.23. The van der Waals surface area contributed by atoms with Gasteiger partial charge < -0.3 is 10.3 Å². The summed E-state index contributed by atoms with van der Waals surface area (Å²) in [7, 11) is 0. The molecular weight excluding hydrogens is 244 g/mol. The highest BCUT2D eigenvalue weighted by Crippen LogP contribution is 2.38. The monoisotopic (exact) mass is 260 g/mol. The predicted octanol–water partition coefficient (Wildman–Crippen LogP) is 3.53. The van der Waals surface area contributed by atoms with E-state index in [4.69, 9.17) is 10.3 Å². The molecule has 3 rings (SSSR count). The van der Waals surface area contributed by atoms with E-state index in [9.17, 15) is 0 Å². The summed E-state index contributed by atoms with van der Waals surface area (Å²) >= 11 is 2.04. The molecule has 1 aliphatic rings. The smallest absolute Gasteiger partial charge is 0.229 e. The lowest BCUT2D eigenvalue weighted by Crippen LogP contribution is -2.09. The van der Waals surface area contributed by atoms with Crippen LogP contribution in [0.1, 0.15) is 24.3 Å². The summed E-state index contributed by atoms with van der Waals surface area (Å²) in [6.45, 7) is 0. The molecule has 1 aromatic carbocycles. The molecule has 18 heavy (non-hydrogen) atoms. The molecule has 2 N–H and O–H groups in total. The van der Waals surface area contributed by atoms with Crippen LogP contribution in [0.5, 0.6) is 0 Å². The highest BCUT2D eigenvalue weighted by Gasteiger charge is 2.20. The van der Waals surface area contributed by atoms with E-state index in [-0.39, 0.29) is 0 Å². The summed E-state index contributed by atoms with van der Waals surface area (Å²) in [4.78, 5) is 0. The largest absolute Gasteiger partial charge is 0.367 e. The minimum Gasteiger partial charge on any atom is -0.367 e. The maximum Gasteiger partial charge on any atom is 0.229 e. The van der Waals surface area contributed by atoms with E-state index in [0.717, 1.165) is 5.56 Å². The molecule has 3 nitrogen and oxygen atoms in total. The van der Waals surface area contributed by atoms with Gasteiger partial charge in [-0.15, -0.1) is 0 Å². The van der Waals surface area contributed by atoms with Crippen molar-refractivity contribution in [3.05, 3.63) is 36.0 Å². The van der Waals surface area contributed by atoms with Gasteiger partial charge in [-0.1, -0.05) is 29.4 Å². The van der Waals surface area contributed by atoms with Gasteiger partial charge in [-0.05, 0) is 41.4 Å². The van der Waals surface area contributed by atoms with Gasteiger partial charge in [0.1, 0.15) is 0 Å². The zero-order valence-corrected chi connectivity index (χ0v) is 11.0. The molecule has 1 fully saturated rings. The Balaban J connectivity index is 2.02. The molecule has 0 spiro atoms. The fraction of sp³-hybridized carbons (Fsp3) is 0.357. The van der Waals surface area contributed by atoms with Crippen LogP contribution in [0.4, 0.5) is 5.88 Å². The summed E-state index contributed by atoms with van der Waals surface area (Å²) in [6, 6.07) is 8.47. The van der Waals surface area contributed by atoms with Crippen LogP contribution in [-0.2, 0) is 0 Å². The van der Waals surface area contributed by atoms with Crippen LogP contribution in [0.15, 0.2) is 35.0 Å². The molecule has 0 amide bonds. The molecule has 0 unspecified atom stereocenters. The van der Waals surface area contributed by atoms with Crippen molar-refractivity contribution >= 4 is 17.6 Å². The van der Waals surface area contributed by atoms with Crippen LogP contribution in [0, 0.1) is 0 Å². The number of thioether (sulfide) groups is 1. The van der Waals surface area contributed by atoms with E-state index in [2.05, 4.69) is 23.4 Å². The van der Waals surface area contributed by atoms with Gasteiger partial charge in [-0.25, -0.2) is 0 Å². The summed E-state index contributed by atoms with van der Waals surface area (Å²) < 4.78 is 4.98. The van der Waals surface area contributed by atoms with Gasteiger partial charge in [0.2, 0.25) is 5.88 Å². The lowest BCUT2D eigenvalue weighted by atomic mass is 9.88. The standard InChI is InChI=1S/C14H16N2OS/c15-14-13(9-16-17-14)12-4-2-1-3-11(12)10-5-7-18-8-6-10/h1-4,9-10H,5-8,15H2. The van der Waals surface area contributed by atoms with Gasteiger partial charge >= 0.3 is 0 Å².